The number of carbonyl (C=O) groups is 3. The first-order valence-corrected chi connectivity index (χ1v) is 9.15. The normalized spacial score (nSPS) is 24.3. The molecule has 6 nitrogen and oxygen atoms in total. The van der Waals surface area contributed by atoms with E-state index in [1.54, 1.807) is 36.3 Å². The Labute approximate surface area is 153 Å². The van der Waals surface area contributed by atoms with Gasteiger partial charge in [0.1, 0.15) is 5.75 Å². The molecular formula is C20H25NO5. The van der Waals surface area contributed by atoms with Crippen LogP contribution in [0.3, 0.4) is 0 Å². The molecule has 1 aromatic carbocycles. The molecule has 3 rings (SSSR count). The Hall–Kier alpha value is -2.37. The lowest BCUT2D eigenvalue weighted by molar-refractivity contribution is -0.149. The summed E-state index contributed by atoms with van der Waals surface area (Å²) in [5, 5.41) is 9.59. The fraction of sp³-hybridized carbons (Fsp3) is 0.550. The summed E-state index contributed by atoms with van der Waals surface area (Å²) >= 11 is 0. The number of ketones is 1. The van der Waals surface area contributed by atoms with Gasteiger partial charge in [-0.2, -0.15) is 0 Å². The van der Waals surface area contributed by atoms with E-state index >= 15 is 0 Å². The summed E-state index contributed by atoms with van der Waals surface area (Å²) in [6, 6.07) is 6.93. The predicted octanol–water partition coefficient (Wildman–Crippen LogP) is 2.76. The number of likely N-dealkylation sites (tertiary alicyclic amines) is 1. The van der Waals surface area contributed by atoms with Crippen LogP contribution in [0.4, 0.5) is 0 Å². The third-order valence-corrected chi connectivity index (χ3v) is 5.86. The van der Waals surface area contributed by atoms with Crippen LogP contribution >= 0.6 is 0 Å². The van der Waals surface area contributed by atoms with E-state index in [1.807, 2.05) is 0 Å². The molecule has 2 fully saturated rings. The fourth-order valence-corrected chi connectivity index (χ4v) is 4.31. The minimum atomic E-state index is -0.773. The van der Waals surface area contributed by atoms with Gasteiger partial charge in [0.15, 0.2) is 5.78 Å². The molecule has 1 aliphatic carbocycles. The van der Waals surface area contributed by atoms with E-state index in [1.165, 1.54) is 0 Å². The van der Waals surface area contributed by atoms with Crippen LogP contribution in [0.5, 0.6) is 5.75 Å². The zero-order valence-corrected chi connectivity index (χ0v) is 15.1. The molecule has 0 radical (unpaired) electrons. The van der Waals surface area contributed by atoms with Gasteiger partial charge in [0.05, 0.1) is 12.5 Å². The number of fused-ring (bicyclic) bond motifs is 1. The first-order valence-electron chi connectivity index (χ1n) is 9.15. The van der Waals surface area contributed by atoms with Gasteiger partial charge in [-0.05, 0) is 49.4 Å². The summed E-state index contributed by atoms with van der Waals surface area (Å²) < 4.78 is 5.07. The number of hydrogen-bond donors (Lipinski definition) is 1. The second-order valence-corrected chi connectivity index (χ2v) is 7.33. The van der Waals surface area contributed by atoms with Gasteiger partial charge in [0, 0.05) is 31.5 Å². The monoisotopic (exact) mass is 359 g/mol. The zero-order chi connectivity index (χ0) is 18.7. The topological polar surface area (TPSA) is 83.9 Å². The molecule has 140 valence electrons. The van der Waals surface area contributed by atoms with Crippen molar-refractivity contribution < 1.29 is 24.2 Å². The van der Waals surface area contributed by atoms with Crippen molar-refractivity contribution in [3.63, 3.8) is 0 Å². The van der Waals surface area contributed by atoms with Gasteiger partial charge in [0.2, 0.25) is 5.91 Å². The minimum absolute atomic E-state index is 0.000695. The number of carboxylic acids is 1. The van der Waals surface area contributed by atoms with Crippen LogP contribution in [0.1, 0.15) is 48.9 Å². The number of carbonyl (C=O) groups excluding carboxylic acids is 2. The van der Waals surface area contributed by atoms with Crippen LogP contribution in [-0.2, 0) is 9.59 Å². The van der Waals surface area contributed by atoms with Gasteiger partial charge in [0.25, 0.3) is 0 Å². The summed E-state index contributed by atoms with van der Waals surface area (Å²) in [7, 11) is 1.57. The number of nitrogens with zero attached hydrogens (tertiary/aromatic N) is 1. The highest BCUT2D eigenvalue weighted by Crippen LogP contribution is 2.49. The number of hydrogen-bond acceptors (Lipinski definition) is 4. The van der Waals surface area contributed by atoms with Crippen LogP contribution in [0.25, 0.3) is 0 Å². The summed E-state index contributed by atoms with van der Waals surface area (Å²) in [5.41, 5.74) is -0.132. The SMILES string of the molecule is COc1ccc(C(=O)CCCC(=O)N2C[C@@H]3CCC[C@@]3(C(=O)O)C2)cc1. The van der Waals surface area contributed by atoms with E-state index in [0.29, 0.717) is 43.7 Å². The van der Waals surface area contributed by atoms with Crippen LogP contribution in [0, 0.1) is 11.3 Å². The summed E-state index contributed by atoms with van der Waals surface area (Å²) in [6.07, 6.45) is 3.53. The molecule has 0 spiro atoms. The van der Waals surface area contributed by atoms with E-state index in [4.69, 9.17) is 4.74 Å². The van der Waals surface area contributed by atoms with Gasteiger partial charge >= 0.3 is 5.97 Å². The fourth-order valence-electron chi connectivity index (χ4n) is 4.31. The first kappa shape index (κ1) is 18.4. The van der Waals surface area contributed by atoms with Gasteiger partial charge in [-0.1, -0.05) is 6.42 Å². The number of rotatable bonds is 7. The summed E-state index contributed by atoms with van der Waals surface area (Å²) in [4.78, 5) is 38.0. The standard InChI is InChI=1S/C20H25NO5/c1-26-16-9-7-14(8-10-16)17(22)5-2-6-18(23)21-12-15-4-3-11-20(15,13-21)19(24)25/h7-10,15H,2-6,11-13H2,1H3,(H,24,25)/t15-,20+/m0/s1. The smallest absolute Gasteiger partial charge is 0.311 e. The van der Waals surface area contributed by atoms with Crippen molar-refractivity contribution in [3.8, 4) is 5.75 Å². The van der Waals surface area contributed by atoms with E-state index in [2.05, 4.69) is 0 Å². The van der Waals surface area contributed by atoms with E-state index in [-0.39, 0.29) is 24.0 Å². The van der Waals surface area contributed by atoms with E-state index in [0.717, 1.165) is 12.8 Å². The highest BCUT2D eigenvalue weighted by Gasteiger charge is 2.55. The highest BCUT2D eigenvalue weighted by molar-refractivity contribution is 5.96. The Bertz CT molecular complexity index is 699. The van der Waals surface area contributed by atoms with Crippen molar-refractivity contribution in [1.82, 2.24) is 4.90 Å². The molecule has 6 heteroatoms. The number of carboxylic acid groups (broad SMARTS) is 1. The number of ether oxygens (including phenoxy) is 1. The van der Waals surface area contributed by atoms with Gasteiger partial charge in [-0.25, -0.2) is 0 Å². The van der Waals surface area contributed by atoms with Crippen LogP contribution in [-0.4, -0.2) is 47.9 Å². The number of benzene rings is 1. The maximum atomic E-state index is 12.4. The third-order valence-electron chi connectivity index (χ3n) is 5.86. The number of methoxy groups -OCH3 is 1. The molecule has 0 unspecified atom stereocenters. The largest absolute Gasteiger partial charge is 0.497 e. The maximum Gasteiger partial charge on any atom is 0.311 e. The van der Waals surface area contributed by atoms with Crippen molar-refractivity contribution in [3.05, 3.63) is 29.8 Å². The minimum Gasteiger partial charge on any atom is -0.497 e. The quantitative estimate of drug-likeness (QED) is 0.757. The molecule has 1 N–H and O–H groups in total. The number of Topliss-reactive ketones (excluding diaryl/α,β-unsaturated/α-hetero) is 1. The molecule has 1 saturated carbocycles. The summed E-state index contributed by atoms with van der Waals surface area (Å²) in [5.74, 6) is -0.0400. The van der Waals surface area contributed by atoms with Gasteiger partial charge in [-0.15, -0.1) is 0 Å². The molecule has 2 atom stereocenters. The average molecular weight is 359 g/mol. The second kappa shape index (κ2) is 7.48. The Balaban J connectivity index is 1.48. The molecule has 26 heavy (non-hydrogen) atoms. The summed E-state index contributed by atoms with van der Waals surface area (Å²) in [6.45, 7) is 0.857. The Morgan fingerprint density at radius 2 is 1.96 bits per heavy atom. The Morgan fingerprint density at radius 3 is 2.58 bits per heavy atom. The molecule has 1 aliphatic heterocycles. The molecule has 1 amide bonds. The number of amides is 1. The van der Waals surface area contributed by atoms with E-state index in [9.17, 15) is 19.5 Å². The van der Waals surface area contributed by atoms with Crippen LogP contribution < -0.4 is 4.74 Å². The van der Waals surface area contributed by atoms with Gasteiger partial charge in [-0.3, -0.25) is 14.4 Å². The van der Waals surface area contributed by atoms with Crippen molar-refractivity contribution in [2.24, 2.45) is 11.3 Å². The Kier molecular flexibility index (Phi) is 5.30. The molecule has 2 aliphatic rings. The maximum absolute atomic E-state index is 12.4. The molecule has 1 aromatic rings. The van der Waals surface area contributed by atoms with Crippen LogP contribution in [0.15, 0.2) is 24.3 Å². The van der Waals surface area contributed by atoms with Crippen molar-refractivity contribution >= 4 is 17.7 Å². The van der Waals surface area contributed by atoms with Crippen molar-refractivity contribution in [2.75, 3.05) is 20.2 Å². The average Bonchev–Trinajstić information content (AvgIpc) is 3.20. The molecular weight excluding hydrogens is 334 g/mol. The molecule has 0 aromatic heterocycles. The lowest BCUT2D eigenvalue weighted by Crippen LogP contribution is -2.37. The van der Waals surface area contributed by atoms with Crippen molar-refractivity contribution in [1.29, 1.82) is 0 Å². The predicted molar refractivity (Wildman–Crippen MR) is 95.2 cm³/mol. The lowest BCUT2D eigenvalue weighted by Gasteiger charge is -2.23. The number of aliphatic carboxylic acids is 1. The van der Waals surface area contributed by atoms with Crippen LogP contribution in [0.2, 0.25) is 0 Å². The van der Waals surface area contributed by atoms with Gasteiger partial charge < -0.3 is 14.7 Å². The zero-order valence-electron chi connectivity index (χ0n) is 15.1. The molecule has 1 saturated heterocycles. The van der Waals surface area contributed by atoms with Crippen molar-refractivity contribution in [2.45, 2.75) is 38.5 Å². The second-order valence-electron chi connectivity index (χ2n) is 7.33. The molecule has 0 bridgehead atoms. The first-order chi connectivity index (χ1) is 12.5. The van der Waals surface area contributed by atoms with E-state index < -0.39 is 11.4 Å². The highest BCUT2D eigenvalue weighted by atomic mass is 16.5. The lowest BCUT2D eigenvalue weighted by atomic mass is 9.81. The third kappa shape index (κ3) is 3.45. The molecule has 1 heterocycles. The Morgan fingerprint density at radius 1 is 1.23 bits per heavy atom.